The fraction of sp³-hybridized carbons (Fsp3) is 0.300. The number of rotatable bonds is 9. The Morgan fingerprint density at radius 2 is 1.85 bits per heavy atom. The zero-order valence-corrected chi connectivity index (χ0v) is 16.1. The Bertz CT molecular complexity index is 778. The van der Waals surface area contributed by atoms with Gasteiger partial charge in [0.1, 0.15) is 5.75 Å². The minimum absolute atomic E-state index is 0.121. The molecular weight excluding hydrogens is 368 g/mol. The Labute approximate surface area is 163 Å². The van der Waals surface area contributed by atoms with Crippen LogP contribution in [0.1, 0.15) is 22.3 Å². The summed E-state index contributed by atoms with van der Waals surface area (Å²) in [6.07, 6.45) is 0.753. The van der Waals surface area contributed by atoms with Crippen LogP contribution in [0.3, 0.4) is 0 Å². The number of anilines is 1. The highest BCUT2D eigenvalue weighted by Crippen LogP contribution is 2.21. The first kappa shape index (κ1) is 20.7. The monoisotopic (exact) mass is 390 g/mol. The van der Waals surface area contributed by atoms with Gasteiger partial charge in [0.25, 0.3) is 11.8 Å². The van der Waals surface area contributed by atoms with Crippen LogP contribution >= 0.6 is 11.6 Å². The number of benzene rings is 2. The number of halogens is 1. The maximum absolute atomic E-state index is 12.0. The van der Waals surface area contributed by atoms with E-state index in [1.54, 1.807) is 49.6 Å². The van der Waals surface area contributed by atoms with Crippen LogP contribution in [-0.4, -0.2) is 38.7 Å². The smallest absolute Gasteiger partial charge is 0.262 e. The number of ether oxygens (including phenoxy) is 2. The lowest BCUT2D eigenvalue weighted by molar-refractivity contribution is -0.118. The summed E-state index contributed by atoms with van der Waals surface area (Å²) in [5.74, 6) is 0.154. The van der Waals surface area contributed by atoms with Crippen molar-refractivity contribution >= 4 is 29.1 Å². The number of carbonyl (C=O) groups excluding carboxylic acids is 2. The molecule has 0 aliphatic carbocycles. The SMILES string of the molecule is COCCCNC(=O)c1ccc(NC(=O)COc2ccc(Cl)cc2C)cc1. The molecule has 2 N–H and O–H groups in total. The average Bonchev–Trinajstić information content (AvgIpc) is 2.65. The number of hydrogen-bond donors (Lipinski definition) is 2. The fourth-order valence-corrected chi connectivity index (χ4v) is 2.57. The van der Waals surface area contributed by atoms with Gasteiger partial charge in [-0.1, -0.05) is 11.6 Å². The van der Waals surface area contributed by atoms with Gasteiger partial charge in [0.2, 0.25) is 0 Å². The third-order valence-corrected chi connectivity index (χ3v) is 3.97. The minimum atomic E-state index is -0.291. The van der Waals surface area contributed by atoms with Crippen LogP contribution in [0.25, 0.3) is 0 Å². The second-order valence-corrected chi connectivity index (χ2v) is 6.36. The first-order chi connectivity index (χ1) is 13.0. The summed E-state index contributed by atoms with van der Waals surface area (Å²) in [5, 5.41) is 6.15. The van der Waals surface area contributed by atoms with Crippen molar-refractivity contribution in [3.05, 3.63) is 58.6 Å². The summed E-state index contributed by atoms with van der Waals surface area (Å²) < 4.78 is 10.4. The zero-order chi connectivity index (χ0) is 19.6. The molecule has 144 valence electrons. The molecule has 0 unspecified atom stereocenters. The van der Waals surface area contributed by atoms with E-state index in [9.17, 15) is 9.59 Å². The van der Waals surface area contributed by atoms with Crippen molar-refractivity contribution in [3.8, 4) is 5.75 Å². The van der Waals surface area contributed by atoms with Crippen molar-refractivity contribution in [2.45, 2.75) is 13.3 Å². The van der Waals surface area contributed by atoms with Crippen molar-refractivity contribution < 1.29 is 19.1 Å². The highest BCUT2D eigenvalue weighted by atomic mass is 35.5. The van der Waals surface area contributed by atoms with Crippen LogP contribution < -0.4 is 15.4 Å². The normalized spacial score (nSPS) is 10.3. The van der Waals surface area contributed by atoms with Crippen molar-refractivity contribution in [2.24, 2.45) is 0 Å². The predicted molar refractivity (Wildman–Crippen MR) is 106 cm³/mol. The molecule has 0 radical (unpaired) electrons. The molecule has 0 atom stereocenters. The molecule has 0 spiro atoms. The molecule has 0 saturated heterocycles. The second kappa shape index (κ2) is 10.5. The van der Waals surface area contributed by atoms with Gasteiger partial charge in [0.15, 0.2) is 6.61 Å². The molecule has 2 rings (SSSR count). The van der Waals surface area contributed by atoms with E-state index in [-0.39, 0.29) is 18.4 Å². The summed E-state index contributed by atoms with van der Waals surface area (Å²) >= 11 is 5.90. The van der Waals surface area contributed by atoms with Crippen LogP contribution in [0.5, 0.6) is 5.75 Å². The Morgan fingerprint density at radius 1 is 1.11 bits per heavy atom. The van der Waals surface area contributed by atoms with E-state index in [0.29, 0.717) is 35.2 Å². The van der Waals surface area contributed by atoms with Crippen molar-refractivity contribution in [2.75, 3.05) is 32.2 Å². The molecule has 0 aromatic heterocycles. The van der Waals surface area contributed by atoms with Crippen LogP contribution in [0.15, 0.2) is 42.5 Å². The van der Waals surface area contributed by atoms with Gasteiger partial charge in [0, 0.05) is 36.5 Å². The minimum Gasteiger partial charge on any atom is -0.483 e. The lowest BCUT2D eigenvalue weighted by atomic mass is 10.2. The van der Waals surface area contributed by atoms with E-state index in [1.165, 1.54) is 0 Å². The van der Waals surface area contributed by atoms with E-state index in [0.717, 1.165) is 12.0 Å². The average molecular weight is 391 g/mol. The van der Waals surface area contributed by atoms with E-state index in [1.807, 2.05) is 6.92 Å². The van der Waals surface area contributed by atoms with Crippen LogP contribution in [0, 0.1) is 6.92 Å². The number of nitrogens with one attached hydrogen (secondary N) is 2. The van der Waals surface area contributed by atoms with E-state index < -0.39 is 0 Å². The van der Waals surface area contributed by atoms with E-state index in [4.69, 9.17) is 21.1 Å². The number of methoxy groups -OCH3 is 1. The van der Waals surface area contributed by atoms with Gasteiger partial charge in [-0.2, -0.15) is 0 Å². The van der Waals surface area contributed by atoms with Gasteiger partial charge in [-0.25, -0.2) is 0 Å². The van der Waals surface area contributed by atoms with Gasteiger partial charge in [-0.3, -0.25) is 9.59 Å². The topological polar surface area (TPSA) is 76.7 Å². The van der Waals surface area contributed by atoms with Crippen molar-refractivity contribution in [3.63, 3.8) is 0 Å². The third kappa shape index (κ3) is 6.92. The molecule has 2 aromatic rings. The predicted octanol–water partition coefficient (Wildman–Crippen LogP) is 3.43. The summed E-state index contributed by atoms with van der Waals surface area (Å²) in [4.78, 5) is 24.0. The number of amides is 2. The van der Waals surface area contributed by atoms with Gasteiger partial charge in [0.05, 0.1) is 0 Å². The van der Waals surface area contributed by atoms with Crippen LogP contribution in [0.4, 0.5) is 5.69 Å². The third-order valence-electron chi connectivity index (χ3n) is 3.74. The maximum Gasteiger partial charge on any atom is 0.262 e. The molecule has 0 aliphatic heterocycles. The molecule has 7 heteroatoms. The highest BCUT2D eigenvalue weighted by molar-refractivity contribution is 6.30. The summed E-state index contributed by atoms with van der Waals surface area (Å²) in [7, 11) is 1.62. The number of carbonyl (C=O) groups is 2. The molecular formula is C20H23ClN2O4. The lowest BCUT2D eigenvalue weighted by Gasteiger charge is -2.10. The van der Waals surface area contributed by atoms with Gasteiger partial charge in [-0.15, -0.1) is 0 Å². The van der Waals surface area contributed by atoms with Crippen LogP contribution in [-0.2, 0) is 9.53 Å². The Morgan fingerprint density at radius 3 is 2.52 bits per heavy atom. The molecule has 0 fully saturated rings. The molecule has 27 heavy (non-hydrogen) atoms. The molecule has 0 aliphatic rings. The van der Waals surface area contributed by atoms with Gasteiger partial charge in [-0.05, 0) is 61.4 Å². The molecule has 2 amide bonds. The highest BCUT2D eigenvalue weighted by Gasteiger charge is 2.08. The van der Waals surface area contributed by atoms with E-state index >= 15 is 0 Å². The molecule has 2 aromatic carbocycles. The summed E-state index contributed by atoms with van der Waals surface area (Å²) in [6.45, 7) is 2.89. The standard InChI is InChI=1S/C20H23ClN2O4/c1-14-12-16(21)6-9-18(14)27-13-19(24)23-17-7-4-15(5-8-17)20(25)22-10-3-11-26-2/h4-9,12H,3,10-11,13H2,1-2H3,(H,22,25)(H,23,24). The largest absolute Gasteiger partial charge is 0.483 e. The molecule has 6 nitrogen and oxygen atoms in total. The quantitative estimate of drug-likeness (QED) is 0.643. The number of aryl methyl sites for hydroxylation is 1. The Balaban J connectivity index is 1.81. The maximum atomic E-state index is 12.0. The van der Waals surface area contributed by atoms with E-state index in [2.05, 4.69) is 10.6 Å². The lowest BCUT2D eigenvalue weighted by Crippen LogP contribution is -2.25. The first-order valence-electron chi connectivity index (χ1n) is 8.55. The summed E-state index contributed by atoms with van der Waals surface area (Å²) in [6, 6.07) is 11.9. The van der Waals surface area contributed by atoms with Crippen molar-refractivity contribution in [1.29, 1.82) is 0 Å². The van der Waals surface area contributed by atoms with Gasteiger partial charge < -0.3 is 20.1 Å². The second-order valence-electron chi connectivity index (χ2n) is 5.93. The number of hydrogen-bond acceptors (Lipinski definition) is 4. The van der Waals surface area contributed by atoms with Gasteiger partial charge >= 0.3 is 0 Å². The molecule has 0 heterocycles. The summed E-state index contributed by atoms with van der Waals surface area (Å²) in [5.41, 5.74) is 1.97. The molecule has 0 saturated carbocycles. The molecule has 0 bridgehead atoms. The van der Waals surface area contributed by atoms with Crippen molar-refractivity contribution in [1.82, 2.24) is 5.32 Å². The zero-order valence-electron chi connectivity index (χ0n) is 15.4. The Kier molecular flexibility index (Phi) is 8.10. The Hall–Kier alpha value is -2.57. The van der Waals surface area contributed by atoms with Crippen LogP contribution in [0.2, 0.25) is 5.02 Å². The fourth-order valence-electron chi connectivity index (χ4n) is 2.34. The first-order valence-corrected chi connectivity index (χ1v) is 8.93.